The fourth-order valence-electron chi connectivity index (χ4n) is 4.60. The number of halogens is 3. The SMILES string of the molecule is CCN1CCN(Cc2ccc(NC(=O)Nc3cc(C#Cc4cnc5ccc(OC)nn45)ccn3)cc2C(F)(F)F)CC1. The number of ether oxygens (including phenoxy) is 1. The molecule has 218 valence electrons. The molecule has 1 saturated heterocycles. The number of likely N-dealkylation sites (N-methyl/N-ethyl adjacent to an activating group) is 1. The van der Waals surface area contributed by atoms with E-state index in [4.69, 9.17) is 4.74 Å². The monoisotopic (exact) mass is 578 g/mol. The summed E-state index contributed by atoms with van der Waals surface area (Å²) in [5.74, 6) is 6.54. The number of piperazine rings is 1. The van der Waals surface area contributed by atoms with E-state index in [1.807, 2.05) is 4.90 Å². The average molecular weight is 579 g/mol. The zero-order chi connectivity index (χ0) is 29.7. The first kappa shape index (κ1) is 28.8. The average Bonchev–Trinajstić information content (AvgIpc) is 3.39. The lowest BCUT2D eigenvalue weighted by Crippen LogP contribution is -2.45. The summed E-state index contributed by atoms with van der Waals surface area (Å²) in [6, 6.07) is 9.77. The number of methoxy groups -OCH3 is 1. The number of amides is 2. The number of hydrogen-bond acceptors (Lipinski definition) is 7. The van der Waals surface area contributed by atoms with E-state index in [0.29, 0.717) is 35.9 Å². The number of anilines is 2. The molecule has 5 rings (SSSR count). The minimum Gasteiger partial charge on any atom is -0.480 e. The van der Waals surface area contributed by atoms with Crippen LogP contribution in [0.15, 0.2) is 54.9 Å². The van der Waals surface area contributed by atoms with Gasteiger partial charge in [0.05, 0.1) is 18.9 Å². The second-order valence-electron chi connectivity index (χ2n) is 9.63. The van der Waals surface area contributed by atoms with E-state index in [1.54, 1.807) is 35.0 Å². The maximum atomic E-state index is 13.9. The minimum atomic E-state index is -4.56. The molecule has 0 unspecified atom stereocenters. The summed E-state index contributed by atoms with van der Waals surface area (Å²) >= 11 is 0. The molecule has 2 amide bonds. The lowest BCUT2D eigenvalue weighted by Gasteiger charge is -2.34. The number of carbonyl (C=O) groups excluding carboxylic acids is 1. The molecule has 42 heavy (non-hydrogen) atoms. The number of hydrogen-bond donors (Lipinski definition) is 2. The van der Waals surface area contributed by atoms with Crippen LogP contribution in [0, 0.1) is 11.8 Å². The number of rotatable bonds is 6. The van der Waals surface area contributed by atoms with Crippen LogP contribution in [0.25, 0.3) is 5.65 Å². The quantitative estimate of drug-likeness (QED) is 0.329. The van der Waals surface area contributed by atoms with E-state index >= 15 is 0 Å². The summed E-state index contributed by atoms with van der Waals surface area (Å²) < 4.78 is 48.5. The maximum absolute atomic E-state index is 13.9. The molecule has 13 heteroatoms. The first-order valence-corrected chi connectivity index (χ1v) is 13.3. The zero-order valence-electron chi connectivity index (χ0n) is 23.1. The highest BCUT2D eigenvalue weighted by Crippen LogP contribution is 2.34. The third-order valence-corrected chi connectivity index (χ3v) is 6.86. The Bertz CT molecular complexity index is 1640. The second-order valence-corrected chi connectivity index (χ2v) is 9.63. The predicted molar refractivity (Wildman–Crippen MR) is 151 cm³/mol. The van der Waals surface area contributed by atoms with Crippen LogP contribution in [0.1, 0.15) is 29.3 Å². The summed E-state index contributed by atoms with van der Waals surface area (Å²) in [6.45, 7) is 6.24. The molecule has 3 aromatic heterocycles. The molecule has 0 atom stereocenters. The van der Waals surface area contributed by atoms with Crippen molar-refractivity contribution in [2.45, 2.75) is 19.6 Å². The van der Waals surface area contributed by atoms with Crippen molar-refractivity contribution >= 4 is 23.2 Å². The Labute approximate surface area is 240 Å². The van der Waals surface area contributed by atoms with Crippen LogP contribution in [-0.4, -0.2) is 75.2 Å². The number of urea groups is 1. The van der Waals surface area contributed by atoms with Crippen LogP contribution in [0.2, 0.25) is 0 Å². The molecule has 1 fully saturated rings. The number of nitrogens with one attached hydrogen (secondary N) is 2. The molecule has 4 heterocycles. The number of pyridine rings is 1. The van der Waals surface area contributed by atoms with Gasteiger partial charge in [-0.05, 0) is 48.4 Å². The Balaban J connectivity index is 1.25. The number of fused-ring (bicyclic) bond motifs is 1. The largest absolute Gasteiger partial charge is 0.480 e. The fourth-order valence-corrected chi connectivity index (χ4v) is 4.60. The van der Waals surface area contributed by atoms with Gasteiger partial charge >= 0.3 is 12.2 Å². The normalized spacial score (nSPS) is 14.3. The van der Waals surface area contributed by atoms with Crippen molar-refractivity contribution in [3.8, 4) is 17.7 Å². The molecular weight excluding hydrogens is 549 g/mol. The van der Waals surface area contributed by atoms with E-state index in [0.717, 1.165) is 25.7 Å². The van der Waals surface area contributed by atoms with Crippen molar-refractivity contribution in [3.63, 3.8) is 0 Å². The van der Waals surface area contributed by atoms with E-state index in [9.17, 15) is 18.0 Å². The van der Waals surface area contributed by atoms with Gasteiger partial charge in [0.2, 0.25) is 5.88 Å². The second kappa shape index (κ2) is 12.5. The topological polar surface area (TPSA) is 99.9 Å². The molecule has 1 aliphatic heterocycles. The first-order valence-electron chi connectivity index (χ1n) is 13.3. The van der Waals surface area contributed by atoms with Crippen molar-refractivity contribution < 1.29 is 22.7 Å². The van der Waals surface area contributed by atoms with Crippen molar-refractivity contribution in [3.05, 3.63) is 77.2 Å². The molecule has 0 spiro atoms. The highest BCUT2D eigenvalue weighted by molar-refractivity contribution is 5.99. The molecule has 0 radical (unpaired) electrons. The third-order valence-electron chi connectivity index (χ3n) is 6.86. The molecule has 4 aromatic rings. The highest BCUT2D eigenvalue weighted by atomic mass is 19.4. The summed E-state index contributed by atoms with van der Waals surface area (Å²) in [4.78, 5) is 25.3. The van der Waals surface area contributed by atoms with Crippen LogP contribution in [-0.2, 0) is 12.7 Å². The molecule has 10 nitrogen and oxygen atoms in total. The Morgan fingerprint density at radius 2 is 1.79 bits per heavy atom. The standard InChI is InChI=1S/C29H29F3N8O2/c1-3-38-12-14-39(15-13-38)19-21-5-6-22(17-24(21)29(30,31)32)35-28(41)36-25-16-20(10-11-33-25)4-7-23-18-34-26-8-9-27(42-2)37-40(23)26/h5-6,8-11,16-18H,3,12-15,19H2,1-2H3,(H2,33,35,36,41). The zero-order valence-corrected chi connectivity index (χ0v) is 23.1. The molecule has 0 bridgehead atoms. The highest BCUT2D eigenvalue weighted by Gasteiger charge is 2.34. The molecule has 1 aliphatic rings. The predicted octanol–water partition coefficient (Wildman–Crippen LogP) is 4.33. The van der Waals surface area contributed by atoms with Crippen LogP contribution < -0.4 is 15.4 Å². The number of imidazole rings is 1. The lowest BCUT2D eigenvalue weighted by atomic mass is 10.0. The van der Waals surface area contributed by atoms with Crippen molar-refractivity contribution in [2.24, 2.45) is 0 Å². The van der Waals surface area contributed by atoms with Gasteiger partial charge in [0.15, 0.2) is 5.65 Å². The number of alkyl halides is 3. The van der Waals surface area contributed by atoms with Gasteiger partial charge in [0, 0.05) is 56.2 Å². The van der Waals surface area contributed by atoms with Gasteiger partial charge in [-0.1, -0.05) is 18.9 Å². The van der Waals surface area contributed by atoms with Crippen LogP contribution in [0.4, 0.5) is 29.5 Å². The van der Waals surface area contributed by atoms with Gasteiger partial charge in [-0.15, -0.1) is 5.10 Å². The van der Waals surface area contributed by atoms with E-state index in [1.165, 1.54) is 25.4 Å². The van der Waals surface area contributed by atoms with Gasteiger partial charge < -0.3 is 15.0 Å². The lowest BCUT2D eigenvalue weighted by molar-refractivity contribution is -0.138. The van der Waals surface area contributed by atoms with Crippen LogP contribution >= 0.6 is 0 Å². The van der Waals surface area contributed by atoms with E-state index in [-0.39, 0.29) is 23.6 Å². The Kier molecular flexibility index (Phi) is 8.56. The van der Waals surface area contributed by atoms with E-state index < -0.39 is 17.8 Å². The Morgan fingerprint density at radius 1 is 1.00 bits per heavy atom. The van der Waals surface area contributed by atoms with Gasteiger partial charge in [-0.2, -0.15) is 13.2 Å². The Hall–Kier alpha value is -4.67. The molecule has 1 aromatic carbocycles. The first-order chi connectivity index (χ1) is 20.2. The summed E-state index contributed by atoms with van der Waals surface area (Å²) in [5.41, 5.74) is 1.09. The Morgan fingerprint density at radius 3 is 2.52 bits per heavy atom. The van der Waals surface area contributed by atoms with Crippen molar-refractivity contribution in [1.82, 2.24) is 29.4 Å². The van der Waals surface area contributed by atoms with Crippen molar-refractivity contribution in [1.29, 1.82) is 0 Å². The minimum absolute atomic E-state index is 0.0193. The number of carbonyl (C=O) groups is 1. The van der Waals surface area contributed by atoms with Gasteiger partial charge in [0.25, 0.3) is 0 Å². The fraction of sp³-hybridized carbons (Fsp3) is 0.310. The van der Waals surface area contributed by atoms with Gasteiger partial charge in [-0.3, -0.25) is 10.2 Å². The molecule has 0 saturated carbocycles. The number of nitrogens with zero attached hydrogens (tertiary/aromatic N) is 6. The molecule has 0 aliphatic carbocycles. The van der Waals surface area contributed by atoms with Crippen LogP contribution in [0.5, 0.6) is 5.88 Å². The molecule has 2 N–H and O–H groups in total. The number of benzene rings is 1. The molecular formula is C29H29F3N8O2. The van der Waals surface area contributed by atoms with Crippen molar-refractivity contribution in [2.75, 3.05) is 50.5 Å². The summed E-state index contributed by atoms with van der Waals surface area (Å²) in [7, 11) is 1.51. The summed E-state index contributed by atoms with van der Waals surface area (Å²) in [5, 5.41) is 9.32. The maximum Gasteiger partial charge on any atom is 0.416 e. The third kappa shape index (κ3) is 6.96. The van der Waals surface area contributed by atoms with Gasteiger partial charge in [0.1, 0.15) is 11.5 Å². The summed E-state index contributed by atoms with van der Waals surface area (Å²) in [6.07, 6.45) is -1.52. The van der Waals surface area contributed by atoms with Gasteiger partial charge in [-0.25, -0.2) is 19.3 Å². The number of aromatic nitrogens is 4. The van der Waals surface area contributed by atoms with Crippen LogP contribution in [0.3, 0.4) is 0 Å². The smallest absolute Gasteiger partial charge is 0.416 e. The van der Waals surface area contributed by atoms with E-state index in [2.05, 4.69) is 49.4 Å².